The lowest BCUT2D eigenvalue weighted by molar-refractivity contribution is -0.146. The number of thioether (sulfide) groups is 1. The number of esters is 1. The van der Waals surface area contributed by atoms with Crippen LogP contribution in [0.15, 0.2) is 41.4 Å². The van der Waals surface area contributed by atoms with Gasteiger partial charge in [-0.25, -0.2) is 4.98 Å². The highest BCUT2D eigenvalue weighted by Gasteiger charge is 2.21. The van der Waals surface area contributed by atoms with Crippen LogP contribution in [0.1, 0.15) is 49.4 Å². The van der Waals surface area contributed by atoms with E-state index in [0.717, 1.165) is 49.8 Å². The first-order valence-corrected chi connectivity index (χ1v) is 13.8. The summed E-state index contributed by atoms with van der Waals surface area (Å²) in [6, 6.07) is 13.4. The lowest BCUT2D eigenvalue weighted by Crippen LogP contribution is -2.31. The Morgan fingerprint density at radius 1 is 1.27 bits per heavy atom. The number of para-hydroxylation sites is 1. The van der Waals surface area contributed by atoms with Gasteiger partial charge in [-0.15, -0.1) is 0 Å². The molecule has 0 amide bonds. The number of aromatic nitrogens is 1. The number of hydrogen-bond donors (Lipinski definition) is 0. The van der Waals surface area contributed by atoms with E-state index in [9.17, 15) is 14.3 Å². The highest BCUT2D eigenvalue weighted by molar-refractivity contribution is 7.99. The Kier molecular flexibility index (Phi) is 10.2. The van der Waals surface area contributed by atoms with Gasteiger partial charge < -0.3 is 9.47 Å². The van der Waals surface area contributed by atoms with E-state index in [0.29, 0.717) is 22.1 Å². The van der Waals surface area contributed by atoms with E-state index in [4.69, 9.17) is 9.47 Å². The van der Waals surface area contributed by atoms with E-state index in [-0.39, 0.29) is 18.1 Å². The number of pyridine rings is 1. The standard InChI is InChI=1S/C25H30N2O4S2/c1-2-3-13-33(29)18-22(16-30-21-10-5-4-6-11-21)31-24(28)17-32-25-20(15-26)14-19-9-7-8-12-23(19)27-25/h4-6,10-11,14,22H,2-3,7-9,12-13,16-18H2,1H3. The number of benzene rings is 1. The van der Waals surface area contributed by atoms with Crippen LogP contribution in [0.2, 0.25) is 0 Å². The van der Waals surface area contributed by atoms with Crippen LogP contribution < -0.4 is 4.74 Å². The summed E-state index contributed by atoms with van der Waals surface area (Å²) < 4.78 is 23.8. The maximum Gasteiger partial charge on any atom is 0.316 e. The number of rotatable bonds is 12. The van der Waals surface area contributed by atoms with E-state index >= 15 is 0 Å². The van der Waals surface area contributed by atoms with Crippen molar-refractivity contribution in [3.05, 3.63) is 53.2 Å². The average Bonchev–Trinajstić information content (AvgIpc) is 2.84. The van der Waals surface area contributed by atoms with E-state index in [1.54, 1.807) is 0 Å². The van der Waals surface area contributed by atoms with E-state index in [1.165, 1.54) is 11.8 Å². The summed E-state index contributed by atoms with van der Waals surface area (Å²) in [5.41, 5.74) is 2.66. The van der Waals surface area contributed by atoms with Crippen molar-refractivity contribution in [2.24, 2.45) is 0 Å². The first-order chi connectivity index (χ1) is 16.1. The lowest BCUT2D eigenvalue weighted by atomic mass is 9.95. The van der Waals surface area contributed by atoms with Crippen molar-refractivity contribution in [2.75, 3.05) is 23.9 Å². The maximum atomic E-state index is 12.6. The second-order valence-corrected chi connectivity index (χ2v) is 10.5. The SMILES string of the molecule is CCCCS(=O)CC(COc1ccccc1)OC(=O)CSc1nc2c(cc1C#N)CCCC2. The van der Waals surface area contributed by atoms with Crippen LogP contribution in [-0.4, -0.2) is 45.1 Å². The average molecular weight is 487 g/mol. The molecule has 0 fully saturated rings. The molecule has 6 nitrogen and oxygen atoms in total. The predicted molar refractivity (Wildman–Crippen MR) is 131 cm³/mol. The minimum absolute atomic E-state index is 0.0316. The third kappa shape index (κ3) is 8.17. The number of fused-ring (bicyclic) bond motifs is 1. The highest BCUT2D eigenvalue weighted by Crippen LogP contribution is 2.27. The first kappa shape index (κ1) is 25.3. The number of carbonyl (C=O) groups excluding carboxylic acids is 1. The lowest BCUT2D eigenvalue weighted by Gasteiger charge is -2.19. The fourth-order valence-corrected chi connectivity index (χ4v) is 5.68. The van der Waals surface area contributed by atoms with Crippen LogP contribution in [0, 0.1) is 11.3 Å². The number of unbranched alkanes of at least 4 members (excludes halogenated alkanes) is 1. The van der Waals surface area contributed by atoms with Gasteiger partial charge in [0.25, 0.3) is 0 Å². The van der Waals surface area contributed by atoms with Crippen LogP contribution in [0.25, 0.3) is 0 Å². The molecule has 0 radical (unpaired) electrons. The summed E-state index contributed by atoms with van der Waals surface area (Å²) in [6.45, 7) is 2.19. The fraction of sp³-hybridized carbons (Fsp3) is 0.480. The summed E-state index contributed by atoms with van der Waals surface area (Å²) in [5, 5.41) is 10.1. The molecule has 0 spiro atoms. The number of nitrogens with zero attached hydrogens (tertiary/aromatic N) is 2. The molecule has 1 aromatic carbocycles. The molecule has 176 valence electrons. The third-order valence-electron chi connectivity index (χ3n) is 5.29. The van der Waals surface area contributed by atoms with E-state index in [2.05, 4.69) is 18.0 Å². The Bertz CT molecular complexity index is 992. The Morgan fingerprint density at radius 2 is 2.06 bits per heavy atom. The van der Waals surface area contributed by atoms with Crippen molar-refractivity contribution in [3.8, 4) is 11.8 Å². The molecule has 0 aliphatic heterocycles. The van der Waals surface area contributed by atoms with Gasteiger partial charge in [-0.2, -0.15) is 5.26 Å². The van der Waals surface area contributed by atoms with Crippen molar-refractivity contribution in [2.45, 2.75) is 56.6 Å². The maximum absolute atomic E-state index is 12.6. The number of ether oxygens (including phenoxy) is 2. The van der Waals surface area contributed by atoms with Gasteiger partial charge in [-0.1, -0.05) is 43.3 Å². The Labute approximate surface area is 202 Å². The molecule has 8 heteroatoms. The van der Waals surface area contributed by atoms with Crippen LogP contribution in [0.4, 0.5) is 0 Å². The van der Waals surface area contributed by atoms with Crippen LogP contribution in [0.3, 0.4) is 0 Å². The number of hydrogen-bond acceptors (Lipinski definition) is 7. The molecule has 2 atom stereocenters. The van der Waals surface area contributed by atoms with Crippen molar-refractivity contribution in [1.82, 2.24) is 4.98 Å². The van der Waals surface area contributed by atoms with Gasteiger partial charge in [-0.05, 0) is 55.9 Å². The molecular formula is C25H30N2O4S2. The molecule has 1 heterocycles. The summed E-state index contributed by atoms with van der Waals surface area (Å²) >= 11 is 1.22. The Balaban J connectivity index is 1.60. The minimum atomic E-state index is -1.09. The van der Waals surface area contributed by atoms with Gasteiger partial charge in [-0.3, -0.25) is 9.00 Å². The second-order valence-electron chi connectivity index (χ2n) is 7.95. The monoisotopic (exact) mass is 486 g/mol. The van der Waals surface area contributed by atoms with Crippen LogP contribution >= 0.6 is 11.8 Å². The molecule has 3 rings (SSSR count). The van der Waals surface area contributed by atoms with Gasteiger partial charge in [0.1, 0.15) is 29.6 Å². The zero-order chi connectivity index (χ0) is 23.5. The molecule has 1 aliphatic carbocycles. The molecule has 1 aliphatic rings. The zero-order valence-electron chi connectivity index (χ0n) is 19.0. The summed E-state index contributed by atoms with van der Waals surface area (Å²) in [5.74, 6) is 1.09. The molecule has 0 bridgehead atoms. The van der Waals surface area contributed by atoms with Crippen molar-refractivity contribution in [3.63, 3.8) is 0 Å². The minimum Gasteiger partial charge on any atom is -0.490 e. The van der Waals surface area contributed by atoms with Gasteiger partial charge in [0.15, 0.2) is 0 Å². The van der Waals surface area contributed by atoms with Crippen molar-refractivity contribution < 1.29 is 18.5 Å². The molecule has 1 aromatic heterocycles. The Morgan fingerprint density at radius 3 is 2.82 bits per heavy atom. The molecule has 2 unspecified atom stereocenters. The van der Waals surface area contributed by atoms with Gasteiger partial charge in [0.05, 0.1) is 17.1 Å². The topological polar surface area (TPSA) is 89.3 Å². The number of carbonyl (C=O) groups is 1. The Hall–Kier alpha value is -2.37. The van der Waals surface area contributed by atoms with E-state index in [1.807, 2.05) is 36.4 Å². The first-order valence-electron chi connectivity index (χ1n) is 11.4. The molecule has 2 aromatic rings. The van der Waals surface area contributed by atoms with Crippen molar-refractivity contribution >= 4 is 28.5 Å². The predicted octanol–water partition coefficient (Wildman–Crippen LogP) is 4.46. The van der Waals surface area contributed by atoms with Gasteiger partial charge >= 0.3 is 5.97 Å². The molecule has 33 heavy (non-hydrogen) atoms. The van der Waals surface area contributed by atoms with Gasteiger partial charge in [0.2, 0.25) is 0 Å². The summed E-state index contributed by atoms with van der Waals surface area (Å²) in [4.78, 5) is 17.3. The van der Waals surface area contributed by atoms with Crippen molar-refractivity contribution in [1.29, 1.82) is 5.26 Å². The normalized spacial score (nSPS) is 14.5. The van der Waals surface area contributed by atoms with Crippen LogP contribution in [-0.2, 0) is 33.2 Å². The molecule has 0 N–H and O–H groups in total. The van der Waals surface area contributed by atoms with Crippen LogP contribution in [0.5, 0.6) is 5.75 Å². The smallest absolute Gasteiger partial charge is 0.316 e. The molecule has 0 saturated heterocycles. The fourth-order valence-electron chi connectivity index (χ4n) is 3.57. The van der Waals surface area contributed by atoms with Gasteiger partial charge in [0, 0.05) is 22.2 Å². The summed E-state index contributed by atoms with van der Waals surface area (Å²) in [6.07, 6.45) is 5.28. The zero-order valence-corrected chi connectivity index (χ0v) is 20.6. The molecular weight excluding hydrogens is 456 g/mol. The second kappa shape index (κ2) is 13.4. The van der Waals surface area contributed by atoms with E-state index < -0.39 is 22.9 Å². The molecule has 0 saturated carbocycles. The quantitative estimate of drug-likeness (QED) is 0.323. The highest BCUT2D eigenvalue weighted by atomic mass is 32.2. The number of aryl methyl sites for hydroxylation is 2. The third-order valence-corrected chi connectivity index (χ3v) is 7.74. The summed E-state index contributed by atoms with van der Waals surface area (Å²) in [7, 11) is -1.09. The largest absolute Gasteiger partial charge is 0.490 e. The number of nitriles is 1.